The molecule has 1 heterocycles. The second-order valence-corrected chi connectivity index (χ2v) is 15.0. The molecule has 2 N–H and O–H groups in total. The number of carbonyl (C=O) groups is 2. The van der Waals surface area contributed by atoms with Gasteiger partial charge in [-0.25, -0.2) is 18.2 Å². The van der Waals surface area contributed by atoms with Crippen molar-refractivity contribution in [3.05, 3.63) is 111 Å². The summed E-state index contributed by atoms with van der Waals surface area (Å²) in [4.78, 5) is 30.1. The number of aromatic nitrogens is 1. The van der Waals surface area contributed by atoms with Gasteiger partial charge >= 0.3 is 5.97 Å². The molecule has 0 saturated carbocycles. The SMILES string of the molecule is O=C(O)COc1ccc(CCCS(=O)(=O)c2ccc(Cl)cc2)cc1NC(=O)c1ccc(SCc2nc3cc(Cl)ccc3s2)cc1. The molecule has 0 radical (unpaired) electrons. The number of thioether (sulfide) groups is 1. The number of anilines is 1. The number of rotatable bonds is 13. The van der Waals surface area contributed by atoms with Crippen molar-refractivity contribution < 1.29 is 27.9 Å². The smallest absolute Gasteiger partial charge is 0.341 e. The summed E-state index contributed by atoms with van der Waals surface area (Å²) in [5, 5.41) is 14.0. The minimum Gasteiger partial charge on any atom is -0.480 e. The first kappa shape index (κ1) is 32.8. The highest BCUT2D eigenvalue weighted by Gasteiger charge is 2.16. The van der Waals surface area contributed by atoms with E-state index < -0.39 is 28.3 Å². The Labute approximate surface area is 278 Å². The van der Waals surface area contributed by atoms with Gasteiger partial charge in [0.25, 0.3) is 5.91 Å². The summed E-state index contributed by atoms with van der Waals surface area (Å²) in [7, 11) is -3.50. The summed E-state index contributed by atoms with van der Waals surface area (Å²) < 4.78 is 31.9. The first-order chi connectivity index (χ1) is 21.6. The minimum atomic E-state index is -3.50. The number of aryl methyl sites for hydroxylation is 1. The van der Waals surface area contributed by atoms with Crippen molar-refractivity contribution in [2.75, 3.05) is 17.7 Å². The number of hydrogen-bond donors (Lipinski definition) is 2. The van der Waals surface area contributed by atoms with E-state index in [1.54, 1.807) is 53.4 Å². The largest absolute Gasteiger partial charge is 0.480 e. The number of nitrogens with zero attached hydrogens (tertiary/aromatic N) is 1. The van der Waals surface area contributed by atoms with Crippen LogP contribution >= 0.6 is 46.3 Å². The molecule has 0 fully saturated rings. The van der Waals surface area contributed by atoms with Crippen molar-refractivity contribution in [3.63, 3.8) is 0 Å². The van der Waals surface area contributed by atoms with Crippen LogP contribution in [0.25, 0.3) is 10.2 Å². The van der Waals surface area contributed by atoms with Gasteiger partial charge in [0.2, 0.25) is 0 Å². The lowest BCUT2D eigenvalue weighted by atomic mass is 10.1. The van der Waals surface area contributed by atoms with Crippen LogP contribution in [0.15, 0.2) is 94.7 Å². The molecule has 1 aromatic heterocycles. The van der Waals surface area contributed by atoms with E-state index in [1.807, 2.05) is 30.3 Å². The Morgan fingerprint density at radius 3 is 2.40 bits per heavy atom. The van der Waals surface area contributed by atoms with Gasteiger partial charge in [-0.15, -0.1) is 23.1 Å². The van der Waals surface area contributed by atoms with Gasteiger partial charge in [0.05, 0.1) is 32.3 Å². The number of aliphatic carboxylic acids is 1. The van der Waals surface area contributed by atoms with E-state index in [4.69, 9.17) is 33.0 Å². The number of carbonyl (C=O) groups excluding carboxylic acids is 1. The Morgan fingerprint density at radius 1 is 0.933 bits per heavy atom. The summed E-state index contributed by atoms with van der Waals surface area (Å²) in [6, 6.07) is 23.7. The number of amides is 1. The molecule has 4 aromatic carbocycles. The van der Waals surface area contributed by atoms with Gasteiger partial charge in [-0.3, -0.25) is 4.79 Å². The normalized spacial score (nSPS) is 11.4. The predicted molar refractivity (Wildman–Crippen MR) is 180 cm³/mol. The summed E-state index contributed by atoms with van der Waals surface area (Å²) >= 11 is 15.1. The summed E-state index contributed by atoms with van der Waals surface area (Å²) in [6.45, 7) is -0.588. The highest BCUT2D eigenvalue weighted by atomic mass is 35.5. The number of benzene rings is 4. The average molecular weight is 702 g/mol. The van der Waals surface area contributed by atoms with Crippen LogP contribution in [0.4, 0.5) is 5.69 Å². The standard InChI is InChI=1S/C32H26Cl2N2O6S3/c33-22-6-11-25(12-7-22)45(40,41)15-1-2-20-3-13-28(42-18-31(37)38)26(16-20)36-32(39)21-4-9-24(10-5-21)43-19-30-35-27-17-23(34)8-14-29(27)44-30/h3-14,16-17H,1-2,15,18-19H2,(H,36,39)(H,37,38). The van der Waals surface area contributed by atoms with Crippen LogP contribution < -0.4 is 10.1 Å². The number of halogens is 2. The Bertz CT molecular complexity index is 1950. The Balaban J connectivity index is 1.22. The van der Waals surface area contributed by atoms with Crippen molar-refractivity contribution in [1.82, 2.24) is 4.98 Å². The number of sulfone groups is 1. The van der Waals surface area contributed by atoms with Gasteiger partial charge in [-0.1, -0.05) is 29.3 Å². The maximum atomic E-state index is 13.2. The lowest BCUT2D eigenvalue weighted by Crippen LogP contribution is -2.15. The summed E-state index contributed by atoms with van der Waals surface area (Å²) in [5.41, 5.74) is 2.31. The van der Waals surface area contributed by atoms with Gasteiger partial charge < -0.3 is 15.2 Å². The molecule has 5 rings (SSSR count). The van der Waals surface area contributed by atoms with E-state index >= 15 is 0 Å². The number of nitrogens with one attached hydrogen (secondary N) is 1. The maximum absolute atomic E-state index is 13.2. The van der Waals surface area contributed by atoms with Crippen LogP contribution in [0.1, 0.15) is 27.3 Å². The number of thiazole rings is 1. The van der Waals surface area contributed by atoms with Gasteiger partial charge in [-0.05, 0) is 97.3 Å². The van der Waals surface area contributed by atoms with Crippen LogP contribution in [0.2, 0.25) is 10.0 Å². The fourth-order valence-electron chi connectivity index (χ4n) is 4.37. The highest BCUT2D eigenvalue weighted by molar-refractivity contribution is 7.98. The van der Waals surface area contributed by atoms with Crippen molar-refractivity contribution >= 4 is 83.9 Å². The van der Waals surface area contributed by atoms with Crippen LogP contribution in [-0.2, 0) is 26.8 Å². The molecule has 1 amide bonds. The van der Waals surface area contributed by atoms with E-state index in [1.165, 1.54) is 24.3 Å². The minimum absolute atomic E-state index is 0.0781. The van der Waals surface area contributed by atoms with E-state index in [9.17, 15) is 18.0 Å². The zero-order chi connectivity index (χ0) is 32.0. The van der Waals surface area contributed by atoms with E-state index in [-0.39, 0.29) is 22.1 Å². The predicted octanol–water partition coefficient (Wildman–Crippen LogP) is 8.02. The Kier molecular flexibility index (Phi) is 10.7. The second kappa shape index (κ2) is 14.7. The summed E-state index contributed by atoms with van der Waals surface area (Å²) in [6.07, 6.45) is 0.736. The molecule has 0 bridgehead atoms. The third kappa shape index (κ3) is 8.99. The van der Waals surface area contributed by atoms with Crippen molar-refractivity contribution in [2.45, 2.75) is 28.4 Å². The van der Waals surface area contributed by atoms with E-state index in [0.717, 1.165) is 25.7 Å². The van der Waals surface area contributed by atoms with Crippen LogP contribution in [0.5, 0.6) is 5.75 Å². The molecule has 0 saturated heterocycles. The monoisotopic (exact) mass is 700 g/mol. The molecular formula is C32H26Cl2N2O6S3. The van der Waals surface area contributed by atoms with E-state index in [0.29, 0.717) is 34.2 Å². The molecule has 0 aliphatic rings. The van der Waals surface area contributed by atoms with Crippen LogP contribution in [0, 0.1) is 0 Å². The molecule has 45 heavy (non-hydrogen) atoms. The quantitative estimate of drug-likeness (QED) is 0.118. The lowest BCUT2D eigenvalue weighted by Gasteiger charge is -2.14. The third-order valence-corrected chi connectivity index (χ3v) is 11.1. The van der Waals surface area contributed by atoms with Gasteiger partial charge in [0, 0.05) is 20.5 Å². The molecule has 13 heteroatoms. The van der Waals surface area contributed by atoms with Crippen molar-refractivity contribution in [1.29, 1.82) is 0 Å². The first-order valence-electron chi connectivity index (χ1n) is 13.6. The molecule has 0 aliphatic carbocycles. The topological polar surface area (TPSA) is 123 Å². The number of hydrogen-bond acceptors (Lipinski definition) is 8. The van der Waals surface area contributed by atoms with Gasteiger partial charge in [0.15, 0.2) is 16.4 Å². The summed E-state index contributed by atoms with van der Waals surface area (Å²) in [5.74, 6) is -0.789. The Morgan fingerprint density at radius 2 is 1.67 bits per heavy atom. The second-order valence-electron chi connectivity index (χ2n) is 9.88. The molecular weight excluding hydrogens is 675 g/mol. The molecule has 0 aliphatic heterocycles. The zero-order valence-electron chi connectivity index (χ0n) is 23.5. The fourth-order valence-corrected chi connectivity index (χ4v) is 7.82. The molecule has 8 nitrogen and oxygen atoms in total. The van der Waals surface area contributed by atoms with Gasteiger partial charge in [0.1, 0.15) is 10.8 Å². The number of fused-ring (bicyclic) bond motifs is 1. The molecule has 0 atom stereocenters. The lowest BCUT2D eigenvalue weighted by molar-refractivity contribution is -0.139. The van der Waals surface area contributed by atoms with Crippen molar-refractivity contribution in [2.24, 2.45) is 0 Å². The zero-order valence-corrected chi connectivity index (χ0v) is 27.5. The highest BCUT2D eigenvalue weighted by Crippen LogP contribution is 2.31. The molecule has 0 spiro atoms. The van der Waals surface area contributed by atoms with Gasteiger partial charge in [-0.2, -0.15) is 0 Å². The van der Waals surface area contributed by atoms with Crippen LogP contribution in [-0.4, -0.2) is 42.7 Å². The number of ether oxygens (including phenoxy) is 1. The third-order valence-electron chi connectivity index (χ3n) is 6.57. The number of carboxylic acids is 1. The maximum Gasteiger partial charge on any atom is 0.341 e. The van der Waals surface area contributed by atoms with Crippen molar-refractivity contribution in [3.8, 4) is 5.75 Å². The average Bonchev–Trinajstić information content (AvgIpc) is 3.42. The molecule has 5 aromatic rings. The fraction of sp³-hybridized carbons (Fsp3) is 0.156. The van der Waals surface area contributed by atoms with E-state index in [2.05, 4.69) is 10.3 Å². The molecule has 232 valence electrons. The Hall–Kier alpha value is -3.61. The number of carboxylic acid groups (broad SMARTS) is 1. The van der Waals surface area contributed by atoms with Crippen LogP contribution in [0.3, 0.4) is 0 Å². The first-order valence-corrected chi connectivity index (χ1v) is 17.8. The molecule has 0 unspecified atom stereocenters.